The number of hydrogen-bond acceptors (Lipinski definition) is 8. The Bertz CT molecular complexity index is 2070. The predicted molar refractivity (Wildman–Crippen MR) is 211 cm³/mol. The van der Waals surface area contributed by atoms with Gasteiger partial charge >= 0.3 is 6.03 Å². The van der Waals surface area contributed by atoms with Crippen molar-refractivity contribution < 1.29 is 23.1 Å². The number of aryl methyl sites for hydroxylation is 1. The highest BCUT2D eigenvalue weighted by Crippen LogP contribution is 2.31. The Morgan fingerprint density at radius 1 is 1.02 bits per heavy atom. The molecule has 6 rings (SSSR count). The maximum absolute atomic E-state index is 14.3. The van der Waals surface area contributed by atoms with Crippen LogP contribution in [0.15, 0.2) is 82.9 Å². The van der Waals surface area contributed by atoms with Crippen LogP contribution in [0.1, 0.15) is 68.5 Å². The van der Waals surface area contributed by atoms with Crippen LogP contribution in [0.5, 0.6) is 0 Å². The van der Waals surface area contributed by atoms with Gasteiger partial charge in [0.2, 0.25) is 15.9 Å². The Hall–Kier alpha value is -4.66. The van der Waals surface area contributed by atoms with Gasteiger partial charge in [-0.1, -0.05) is 106 Å². The number of urea groups is 1. The van der Waals surface area contributed by atoms with Gasteiger partial charge in [-0.05, 0) is 59.6 Å². The van der Waals surface area contributed by atoms with Crippen LogP contribution in [0.4, 0.5) is 4.79 Å². The number of para-hydroxylation sites is 2. The molecule has 3 aromatic carbocycles. The van der Waals surface area contributed by atoms with Crippen molar-refractivity contribution in [1.29, 1.82) is 0 Å². The summed E-state index contributed by atoms with van der Waals surface area (Å²) in [4.78, 5) is 47.4. The molecule has 2 heterocycles. The van der Waals surface area contributed by atoms with Crippen molar-refractivity contribution in [3.8, 4) is 0 Å². The molecule has 0 spiro atoms. The minimum atomic E-state index is -4.09. The molecule has 2 aliphatic rings. The highest BCUT2D eigenvalue weighted by Gasteiger charge is 2.41. The van der Waals surface area contributed by atoms with Gasteiger partial charge in [-0.15, -0.1) is 0 Å². The molecular formula is C41H53N7O6S. The first-order chi connectivity index (χ1) is 26.5. The fraction of sp³-hybridized carbons (Fsp3) is 0.488. The molecule has 3 N–H and O–H groups in total. The zero-order chi connectivity index (χ0) is 39.1. The summed E-state index contributed by atoms with van der Waals surface area (Å²) in [5, 5.41) is 17.7. The summed E-state index contributed by atoms with van der Waals surface area (Å²) >= 11 is 0. The second kappa shape index (κ2) is 17.9. The molecule has 1 aliphatic carbocycles. The second-order valence-electron chi connectivity index (χ2n) is 15.1. The third-order valence-corrected chi connectivity index (χ3v) is 12.9. The van der Waals surface area contributed by atoms with Crippen molar-refractivity contribution in [1.82, 2.24) is 29.4 Å². The Morgan fingerprint density at radius 3 is 2.45 bits per heavy atom. The second-order valence-corrected chi connectivity index (χ2v) is 16.8. The van der Waals surface area contributed by atoms with Crippen molar-refractivity contribution >= 4 is 33.0 Å². The molecule has 3 amide bonds. The lowest BCUT2D eigenvalue weighted by Crippen LogP contribution is -2.57. The van der Waals surface area contributed by atoms with Gasteiger partial charge in [-0.25, -0.2) is 22.9 Å². The molecule has 0 unspecified atom stereocenters. The van der Waals surface area contributed by atoms with Crippen molar-refractivity contribution in [3.63, 3.8) is 0 Å². The lowest BCUT2D eigenvalue weighted by molar-refractivity contribution is -0.128. The summed E-state index contributed by atoms with van der Waals surface area (Å²) in [5.41, 5.74) is 3.94. The number of benzene rings is 3. The molecule has 1 aromatic heterocycles. The number of sulfonamides is 1. The predicted octanol–water partition coefficient (Wildman–Crippen LogP) is 5.29. The van der Waals surface area contributed by atoms with Crippen LogP contribution in [0.2, 0.25) is 0 Å². The summed E-state index contributed by atoms with van der Waals surface area (Å²) in [6, 6.07) is 20.1. The van der Waals surface area contributed by atoms with Crippen LogP contribution < -0.4 is 10.0 Å². The van der Waals surface area contributed by atoms with E-state index in [9.17, 15) is 28.0 Å². The molecule has 294 valence electrons. The number of carbonyl (C=O) groups excluding carboxylic acids is 2. The Kier molecular flexibility index (Phi) is 13.0. The van der Waals surface area contributed by atoms with Crippen molar-refractivity contribution in [2.24, 2.45) is 24.1 Å². The number of aliphatic hydroxyl groups is 1. The van der Waals surface area contributed by atoms with E-state index < -0.39 is 34.1 Å². The summed E-state index contributed by atoms with van der Waals surface area (Å²) in [6.07, 6.45) is 4.36. The number of amides is 3. The number of aromatic nitrogens is 2. The molecule has 0 radical (unpaired) electrons. The zero-order valence-corrected chi connectivity index (χ0v) is 32.7. The summed E-state index contributed by atoms with van der Waals surface area (Å²) in [7, 11) is -2.16. The number of fused-ring (bicyclic) bond motifs is 1. The first kappa shape index (κ1) is 40.0. The Balaban J connectivity index is 1.18. The number of nitroso groups, excluding NO2 is 1. The van der Waals surface area contributed by atoms with Crippen molar-refractivity contribution in [2.75, 3.05) is 19.6 Å². The van der Waals surface area contributed by atoms with Crippen LogP contribution >= 0.6 is 0 Å². The fourth-order valence-electron chi connectivity index (χ4n) is 8.03. The van der Waals surface area contributed by atoms with E-state index in [1.807, 2.05) is 80.1 Å². The molecule has 4 atom stereocenters. The SMILES string of the molecule is CC[C@H](C)[C@@H](C(=O)N[C@@H](Cc1ccccc1)[C@H](O)CNS(=O)(=O)c1ccc(CN=O)cc1CC1CCCC1)N1CCN(Cc2nc3ccccc3n2C)C1=O. The van der Waals surface area contributed by atoms with Crippen LogP contribution in [0.3, 0.4) is 0 Å². The normalized spacial score (nSPS) is 17.4. The minimum Gasteiger partial charge on any atom is -0.390 e. The van der Waals surface area contributed by atoms with Gasteiger partial charge in [-0.3, -0.25) is 4.79 Å². The van der Waals surface area contributed by atoms with Crippen molar-refractivity contribution in [2.45, 2.75) is 95.0 Å². The minimum absolute atomic E-state index is 0.0505. The third-order valence-electron chi connectivity index (χ3n) is 11.3. The number of rotatable bonds is 18. The van der Waals surface area contributed by atoms with Gasteiger partial charge in [-0.2, -0.15) is 4.91 Å². The average molecular weight is 772 g/mol. The molecule has 1 saturated heterocycles. The lowest BCUT2D eigenvalue weighted by Gasteiger charge is -2.33. The van der Waals surface area contributed by atoms with Gasteiger partial charge in [0, 0.05) is 26.7 Å². The Morgan fingerprint density at radius 2 is 1.75 bits per heavy atom. The highest BCUT2D eigenvalue weighted by atomic mass is 32.2. The van der Waals surface area contributed by atoms with Crippen molar-refractivity contribution in [3.05, 3.63) is 100 Å². The van der Waals surface area contributed by atoms with Gasteiger partial charge in [0.1, 0.15) is 18.4 Å². The van der Waals surface area contributed by atoms with Gasteiger partial charge in [0.15, 0.2) is 0 Å². The van der Waals surface area contributed by atoms with E-state index in [2.05, 4.69) is 15.2 Å². The zero-order valence-electron chi connectivity index (χ0n) is 31.9. The fourth-order valence-corrected chi connectivity index (χ4v) is 9.31. The molecular weight excluding hydrogens is 719 g/mol. The van der Waals surface area contributed by atoms with E-state index in [-0.39, 0.29) is 36.4 Å². The summed E-state index contributed by atoms with van der Waals surface area (Å²) in [5.74, 6) is 0.484. The van der Waals surface area contributed by atoms with E-state index >= 15 is 0 Å². The molecule has 13 nitrogen and oxygen atoms in total. The molecule has 1 aliphatic heterocycles. The number of nitrogens with zero attached hydrogens (tertiary/aromatic N) is 5. The number of aliphatic hydroxyl groups excluding tert-OH is 1. The topological polar surface area (TPSA) is 166 Å². The van der Waals surface area contributed by atoms with Gasteiger partial charge in [0.25, 0.3) is 0 Å². The number of nitrogens with one attached hydrogen (secondary N) is 2. The first-order valence-corrected chi connectivity index (χ1v) is 20.9. The van der Waals surface area contributed by atoms with E-state index in [1.165, 1.54) is 6.07 Å². The maximum atomic E-state index is 14.3. The third kappa shape index (κ3) is 9.42. The smallest absolute Gasteiger partial charge is 0.321 e. The first-order valence-electron chi connectivity index (χ1n) is 19.4. The number of carbonyl (C=O) groups is 2. The molecule has 55 heavy (non-hydrogen) atoms. The molecule has 0 bridgehead atoms. The molecule has 2 fully saturated rings. The quantitative estimate of drug-likeness (QED) is 0.116. The number of imidazole rings is 1. The standard InChI is InChI=1S/C41H53N7O6S/c1-4-28(2)39(48-21-20-47(41(48)51)27-38-44-33-16-10-11-17-35(33)46(38)3)40(50)45-34(24-30-12-6-5-7-13-30)36(49)26-43-55(53,54)37-19-18-31(25-42-52)23-32(37)22-29-14-8-9-15-29/h5-7,10-13,16-19,23,28-29,34,36,39,43,49H,4,8-9,14-15,20-22,24-27H2,1-3H3,(H,45,50)/t28-,34-,36+,39-/m0/s1. The molecule has 1 saturated carbocycles. The average Bonchev–Trinajstić information content (AvgIpc) is 3.91. The van der Waals surface area contributed by atoms with Crippen LogP contribution in [-0.2, 0) is 47.8 Å². The summed E-state index contributed by atoms with van der Waals surface area (Å²) < 4.78 is 32.3. The highest BCUT2D eigenvalue weighted by molar-refractivity contribution is 7.89. The molecule has 4 aromatic rings. The maximum Gasteiger partial charge on any atom is 0.321 e. The Labute approximate surface area is 323 Å². The molecule has 14 heteroatoms. The van der Waals surface area contributed by atoms with Crippen LogP contribution in [-0.4, -0.2) is 82.6 Å². The van der Waals surface area contributed by atoms with Crippen LogP contribution in [0.25, 0.3) is 11.0 Å². The van der Waals surface area contributed by atoms with E-state index in [1.54, 1.807) is 21.9 Å². The monoisotopic (exact) mass is 771 g/mol. The van der Waals surface area contributed by atoms with E-state index in [0.29, 0.717) is 49.5 Å². The summed E-state index contributed by atoms with van der Waals surface area (Å²) in [6.45, 7) is 4.56. The number of hydrogen-bond donors (Lipinski definition) is 3. The van der Waals surface area contributed by atoms with E-state index in [0.717, 1.165) is 48.1 Å². The van der Waals surface area contributed by atoms with Gasteiger partial charge in [0.05, 0.1) is 34.6 Å². The van der Waals surface area contributed by atoms with Crippen LogP contribution in [0, 0.1) is 16.7 Å². The van der Waals surface area contributed by atoms with Gasteiger partial charge < -0.3 is 24.8 Å². The largest absolute Gasteiger partial charge is 0.390 e. The lowest BCUT2D eigenvalue weighted by atomic mass is 9.95. The van der Waals surface area contributed by atoms with E-state index in [4.69, 9.17) is 4.98 Å².